The number of pyridine rings is 1. The number of nitrogens with two attached hydrogens (primary N) is 1. The SMILES string of the molecule is CCC1(n2c(N)nc3cc(C)cnc32)CCC1. The van der Waals surface area contributed by atoms with E-state index >= 15 is 0 Å². The van der Waals surface area contributed by atoms with Crippen LogP contribution in [-0.4, -0.2) is 14.5 Å². The van der Waals surface area contributed by atoms with Crippen LogP contribution in [0.5, 0.6) is 0 Å². The van der Waals surface area contributed by atoms with Gasteiger partial charge in [0.25, 0.3) is 0 Å². The second-order valence-corrected chi connectivity index (χ2v) is 5.09. The van der Waals surface area contributed by atoms with Gasteiger partial charge in [-0.3, -0.25) is 4.57 Å². The number of nitrogen functional groups attached to an aromatic ring is 1. The summed E-state index contributed by atoms with van der Waals surface area (Å²) in [5.74, 6) is 0.611. The molecule has 17 heavy (non-hydrogen) atoms. The van der Waals surface area contributed by atoms with Gasteiger partial charge in [-0.15, -0.1) is 0 Å². The number of aryl methyl sites for hydroxylation is 1. The molecule has 0 aromatic carbocycles. The molecular weight excluding hydrogens is 212 g/mol. The summed E-state index contributed by atoms with van der Waals surface area (Å²) in [6.07, 6.45) is 6.64. The summed E-state index contributed by atoms with van der Waals surface area (Å²) >= 11 is 0. The summed E-state index contributed by atoms with van der Waals surface area (Å²) in [5, 5.41) is 0. The van der Waals surface area contributed by atoms with Gasteiger partial charge < -0.3 is 5.73 Å². The highest BCUT2D eigenvalue weighted by molar-refractivity contribution is 5.75. The predicted octanol–water partition coefficient (Wildman–Crippen LogP) is 2.61. The van der Waals surface area contributed by atoms with Crippen molar-refractivity contribution in [1.82, 2.24) is 14.5 Å². The van der Waals surface area contributed by atoms with Gasteiger partial charge in [-0.25, -0.2) is 9.97 Å². The lowest BCUT2D eigenvalue weighted by atomic mass is 9.74. The van der Waals surface area contributed by atoms with Crippen LogP contribution < -0.4 is 5.73 Å². The maximum atomic E-state index is 6.09. The molecule has 90 valence electrons. The molecule has 0 unspecified atom stereocenters. The Hall–Kier alpha value is -1.58. The van der Waals surface area contributed by atoms with E-state index in [9.17, 15) is 0 Å². The quantitative estimate of drug-likeness (QED) is 0.862. The number of hydrogen-bond acceptors (Lipinski definition) is 3. The molecular formula is C13H18N4. The van der Waals surface area contributed by atoms with Crippen molar-refractivity contribution >= 4 is 17.1 Å². The van der Waals surface area contributed by atoms with E-state index in [1.54, 1.807) is 0 Å². The van der Waals surface area contributed by atoms with Crippen molar-refractivity contribution in [2.45, 2.75) is 45.1 Å². The summed E-state index contributed by atoms with van der Waals surface area (Å²) in [4.78, 5) is 8.97. The van der Waals surface area contributed by atoms with Crippen molar-refractivity contribution in [3.8, 4) is 0 Å². The zero-order chi connectivity index (χ0) is 12.0. The summed E-state index contributed by atoms with van der Waals surface area (Å²) in [6.45, 7) is 4.25. The number of fused-ring (bicyclic) bond motifs is 1. The van der Waals surface area contributed by atoms with Crippen LogP contribution in [0.2, 0.25) is 0 Å². The molecule has 1 aliphatic carbocycles. The van der Waals surface area contributed by atoms with E-state index in [1.807, 2.05) is 13.1 Å². The number of hydrogen-bond donors (Lipinski definition) is 1. The minimum atomic E-state index is 0.168. The van der Waals surface area contributed by atoms with Crippen molar-refractivity contribution < 1.29 is 0 Å². The van der Waals surface area contributed by atoms with Crippen LogP contribution in [-0.2, 0) is 5.54 Å². The highest BCUT2D eigenvalue weighted by Gasteiger charge is 2.39. The lowest BCUT2D eigenvalue weighted by Crippen LogP contribution is -2.40. The molecule has 0 aliphatic heterocycles. The molecule has 0 radical (unpaired) electrons. The van der Waals surface area contributed by atoms with Gasteiger partial charge in [-0.2, -0.15) is 0 Å². The molecule has 3 rings (SSSR count). The van der Waals surface area contributed by atoms with Gasteiger partial charge in [0.1, 0.15) is 5.52 Å². The van der Waals surface area contributed by atoms with Crippen molar-refractivity contribution in [3.05, 3.63) is 17.8 Å². The fourth-order valence-corrected chi connectivity index (χ4v) is 2.87. The highest BCUT2D eigenvalue weighted by Crippen LogP contribution is 2.44. The molecule has 0 spiro atoms. The van der Waals surface area contributed by atoms with Gasteiger partial charge in [0.15, 0.2) is 5.65 Å². The van der Waals surface area contributed by atoms with Crippen molar-refractivity contribution in [2.75, 3.05) is 5.73 Å². The van der Waals surface area contributed by atoms with Crippen LogP contribution in [0.4, 0.5) is 5.95 Å². The molecule has 0 amide bonds. The van der Waals surface area contributed by atoms with Gasteiger partial charge in [-0.05, 0) is 44.2 Å². The Kier molecular flexibility index (Phi) is 2.15. The fraction of sp³-hybridized carbons (Fsp3) is 0.538. The third kappa shape index (κ3) is 1.36. The van der Waals surface area contributed by atoms with Crippen LogP contribution in [0.25, 0.3) is 11.2 Å². The first kappa shape index (κ1) is 10.6. The largest absolute Gasteiger partial charge is 0.369 e. The van der Waals surface area contributed by atoms with Crippen LogP contribution in [0.15, 0.2) is 12.3 Å². The van der Waals surface area contributed by atoms with E-state index in [1.165, 1.54) is 19.3 Å². The Balaban J connectivity index is 2.25. The van der Waals surface area contributed by atoms with Gasteiger partial charge >= 0.3 is 0 Å². The Morgan fingerprint density at radius 1 is 1.47 bits per heavy atom. The molecule has 4 nitrogen and oxygen atoms in total. The van der Waals surface area contributed by atoms with Gasteiger partial charge in [0, 0.05) is 11.7 Å². The third-order valence-corrected chi connectivity index (χ3v) is 4.08. The zero-order valence-electron chi connectivity index (χ0n) is 10.4. The number of imidazole rings is 1. The molecule has 2 aromatic rings. The van der Waals surface area contributed by atoms with Crippen molar-refractivity contribution in [3.63, 3.8) is 0 Å². The molecule has 1 saturated carbocycles. The van der Waals surface area contributed by atoms with Gasteiger partial charge in [-0.1, -0.05) is 6.92 Å². The number of aromatic nitrogens is 3. The average Bonchev–Trinajstić information content (AvgIpc) is 2.55. The summed E-state index contributed by atoms with van der Waals surface area (Å²) < 4.78 is 2.16. The smallest absolute Gasteiger partial charge is 0.202 e. The van der Waals surface area contributed by atoms with Gasteiger partial charge in [0.05, 0.1) is 0 Å². The molecule has 1 aliphatic rings. The highest BCUT2D eigenvalue weighted by atomic mass is 15.2. The second-order valence-electron chi connectivity index (χ2n) is 5.09. The topological polar surface area (TPSA) is 56.7 Å². The molecule has 0 bridgehead atoms. The Bertz CT molecular complexity index is 561. The van der Waals surface area contributed by atoms with Gasteiger partial charge in [0.2, 0.25) is 5.95 Å². The third-order valence-electron chi connectivity index (χ3n) is 4.08. The first-order valence-corrected chi connectivity index (χ1v) is 6.27. The minimum absolute atomic E-state index is 0.168. The Labute approximate surface area is 101 Å². The molecule has 0 atom stereocenters. The first-order chi connectivity index (χ1) is 8.16. The maximum absolute atomic E-state index is 6.09. The van der Waals surface area contributed by atoms with E-state index in [0.29, 0.717) is 5.95 Å². The van der Waals surface area contributed by atoms with E-state index < -0.39 is 0 Å². The molecule has 1 fully saturated rings. The minimum Gasteiger partial charge on any atom is -0.369 e. The van der Waals surface area contributed by atoms with E-state index in [0.717, 1.165) is 23.1 Å². The van der Waals surface area contributed by atoms with Crippen LogP contribution >= 0.6 is 0 Å². The molecule has 0 saturated heterocycles. The summed E-state index contributed by atoms with van der Waals surface area (Å²) in [5.41, 5.74) is 9.24. The van der Waals surface area contributed by atoms with Crippen LogP contribution in [0, 0.1) is 6.92 Å². The first-order valence-electron chi connectivity index (χ1n) is 6.27. The van der Waals surface area contributed by atoms with Crippen molar-refractivity contribution in [2.24, 2.45) is 0 Å². The fourth-order valence-electron chi connectivity index (χ4n) is 2.87. The van der Waals surface area contributed by atoms with E-state index in [-0.39, 0.29) is 5.54 Å². The number of nitrogens with zero attached hydrogens (tertiary/aromatic N) is 3. The second kappa shape index (κ2) is 3.45. The van der Waals surface area contributed by atoms with E-state index in [2.05, 4.69) is 27.5 Å². The van der Waals surface area contributed by atoms with Crippen LogP contribution in [0.3, 0.4) is 0 Å². The lowest BCUT2D eigenvalue weighted by molar-refractivity contribution is 0.144. The standard InChI is InChI=1S/C13H18N4/c1-3-13(5-4-6-13)17-11-10(16-12(17)14)7-9(2)8-15-11/h7-8H,3-6H2,1-2H3,(H2,14,16). The normalized spacial score (nSPS) is 18.2. The number of anilines is 1. The Morgan fingerprint density at radius 3 is 2.82 bits per heavy atom. The molecule has 2 aromatic heterocycles. The molecule has 2 N–H and O–H groups in total. The monoisotopic (exact) mass is 230 g/mol. The van der Waals surface area contributed by atoms with Crippen LogP contribution in [0.1, 0.15) is 38.2 Å². The molecule has 4 heteroatoms. The average molecular weight is 230 g/mol. The predicted molar refractivity (Wildman–Crippen MR) is 68.8 cm³/mol. The summed E-state index contributed by atoms with van der Waals surface area (Å²) in [6, 6.07) is 2.05. The van der Waals surface area contributed by atoms with Crippen molar-refractivity contribution in [1.29, 1.82) is 0 Å². The maximum Gasteiger partial charge on any atom is 0.202 e. The number of rotatable bonds is 2. The Morgan fingerprint density at radius 2 is 2.24 bits per heavy atom. The molecule has 2 heterocycles. The van der Waals surface area contributed by atoms with E-state index in [4.69, 9.17) is 5.73 Å². The lowest BCUT2D eigenvalue weighted by Gasteiger charge is -2.43. The zero-order valence-corrected chi connectivity index (χ0v) is 10.4. The summed E-state index contributed by atoms with van der Waals surface area (Å²) in [7, 11) is 0.